The van der Waals surface area contributed by atoms with E-state index in [9.17, 15) is 8.42 Å². The lowest BCUT2D eigenvalue weighted by molar-refractivity contribution is 0.597. The summed E-state index contributed by atoms with van der Waals surface area (Å²) in [5, 5.41) is 0. The fraction of sp³-hybridized carbons (Fsp3) is 0.455. The lowest BCUT2D eigenvalue weighted by Crippen LogP contribution is -2.30. The van der Waals surface area contributed by atoms with Gasteiger partial charge < -0.3 is 5.73 Å². The van der Waals surface area contributed by atoms with Crippen LogP contribution in [0, 0.1) is 6.92 Å². The Balaban J connectivity index is 3.31. The van der Waals surface area contributed by atoms with Crippen LogP contribution < -0.4 is 10.0 Å². The molecule has 0 aliphatic heterocycles. The van der Waals surface area contributed by atoms with Gasteiger partial charge in [-0.15, -0.1) is 0 Å². The highest BCUT2D eigenvalue weighted by atomic mass is 32.2. The smallest absolute Gasteiger partial charge is 0.232 e. The van der Waals surface area contributed by atoms with Gasteiger partial charge in [0.2, 0.25) is 10.0 Å². The Morgan fingerprint density at radius 2 is 2.00 bits per heavy atom. The van der Waals surface area contributed by atoms with Crippen LogP contribution in [0.3, 0.4) is 0 Å². The largest absolute Gasteiger partial charge is 0.326 e. The van der Waals surface area contributed by atoms with E-state index in [2.05, 4.69) is 0 Å². The van der Waals surface area contributed by atoms with Crippen molar-refractivity contribution in [3.05, 3.63) is 29.3 Å². The zero-order valence-electron chi connectivity index (χ0n) is 9.90. The second kappa shape index (κ2) is 4.84. The van der Waals surface area contributed by atoms with E-state index in [0.717, 1.165) is 11.1 Å². The monoisotopic (exact) mass is 242 g/mol. The van der Waals surface area contributed by atoms with Gasteiger partial charge in [-0.2, -0.15) is 0 Å². The molecule has 0 aliphatic rings. The average Bonchev–Trinajstić information content (AvgIpc) is 2.19. The third-order valence-corrected chi connectivity index (χ3v) is 3.67. The van der Waals surface area contributed by atoms with E-state index >= 15 is 0 Å². The molecule has 2 N–H and O–H groups in total. The highest BCUT2D eigenvalue weighted by Crippen LogP contribution is 2.23. The van der Waals surface area contributed by atoms with E-state index in [4.69, 9.17) is 5.73 Å². The molecule has 0 spiro atoms. The lowest BCUT2D eigenvalue weighted by Gasteiger charge is -2.23. The van der Waals surface area contributed by atoms with Gasteiger partial charge in [-0.3, -0.25) is 4.31 Å². The van der Waals surface area contributed by atoms with Crippen molar-refractivity contribution in [2.75, 3.05) is 17.1 Å². The van der Waals surface area contributed by atoms with Crippen LogP contribution in [0.15, 0.2) is 18.2 Å². The number of hydrogen-bond acceptors (Lipinski definition) is 3. The van der Waals surface area contributed by atoms with Crippen molar-refractivity contribution in [3.63, 3.8) is 0 Å². The van der Waals surface area contributed by atoms with Gasteiger partial charge in [-0.1, -0.05) is 17.7 Å². The van der Waals surface area contributed by atoms with Gasteiger partial charge in [0.05, 0.1) is 11.9 Å². The van der Waals surface area contributed by atoms with Gasteiger partial charge in [0.25, 0.3) is 0 Å². The minimum Gasteiger partial charge on any atom is -0.326 e. The zero-order valence-corrected chi connectivity index (χ0v) is 10.7. The van der Waals surface area contributed by atoms with Crippen molar-refractivity contribution < 1.29 is 8.42 Å². The first-order valence-corrected chi connectivity index (χ1v) is 7.02. The van der Waals surface area contributed by atoms with Crippen LogP contribution >= 0.6 is 0 Å². The summed E-state index contributed by atoms with van der Waals surface area (Å²) in [6.07, 6.45) is 1.21. The van der Waals surface area contributed by atoms with Crippen molar-refractivity contribution in [1.82, 2.24) is 0 Å². The normalized spacial score (nSPS) is 11.5. The number of anilines is 1. The summed E-state index contributed by atoms with van der Waals surface area (Å²) in [6.45, 7) is 4.51. The summed E-state index contributed by atoms with van der Waals surface area (Å²) in [7, 11) is -3.24. The van der Waals surface area contributed by atoms with Crippen LogP contribution in [0.2, 0.25) is 0 Å². The molecular weight excluding hydrogens is 224 g/mol. The lowest BCUT2D eigenvalue weighted by atomic mass is 10.1. The van der Waals surface area contributed by atoms with E-state index in [-0.39, 0.29) is 0 Å². The molecule has 4 nitrogen and oxygen atoms in total. The van der Waals surface area contributed by atoms with E-state index in [1.54, 1.807) is 6.92 Å². The van der Waals surface area contributed by atoms with Crippen LogP contribution in [0.1, 0.15) is 18.1 Å². The minimum absolute atomic E-state index is 0.336. The predicted octanol–water partition coefficient (Wildman–Crippen LogP) is 1.24. The second-order valence-electron chi connectivity index (χ2n) is 3.76. The summed E-state index contributed by atoms with van der Waals surface area (Å²) in [5.74, 6) is 0. The molecule has 16 heavy (non-hydrogen) atoms. The van der Waals surface area contributed by atoms with Crippen molar-refractivity contribution in [2.24, 2.45) is 5.73 Å². The van der Waals surface area contributed by atoms with E-state index in [1.165, 1.54) is 10.6 Å². The minimum atomic E-state index is -3.24. The Labute approximate surface area is 97.1 Å². The number of rotatable bonds is 4. The first kappa shape index (κ1) is 13.0. The van der Waals surface area contributed by atoms with Gasteiger partial charge in [0, 0.05) is 13.1 Å². The fourth-order valence-electron chi connectivity index (χ4n) is 1.70. The number of benzene rings is 1. The predicted molar refractivity (Wildman–Crippen MR) is 66.9 cm³/mol. The molecule has 0 amide bonds. The molecule has 0 radical (unpaired) electrons. The fourth-order valence-corrected chi connectivity index (χ4v) is 2.71. The molecule has 0 heterocycles. The maximum Gasteiger partial charge on any atom is 0.232 e. The highest BCUT2D eigenvalue weighted by molar-refractivity contribution is 7.92. The molecule has 90 valence electrons. The molecule has 0 unspecified atom stereocenters. The number of aryl methyl sites for hydroxylation is 1. The topological polar surface area (TPSA) is 63.4 Å². The number of sulfonamides is 1. The van der Waals surface area contributed by atoms with Crippen LogP contribution in [-0.4, -0.2) is 21.2 Å². The van der Waals surface area contributed by atoms with E-state index in [1.807, 2.05) is 25.1 Å². The van der Waals surface area contributed by atoms with Gasteiger partial charge in [0.15, 0.2) is 0 Å². The Morgan fingerprint density at radius 1 is 1.38 bits per heavy atom. The molecule has 0 saturated carbocycles. The summed E-state index contributed by atoms with van der Waals surface area (Å²) < 4.78 is 24.6. The maximum absolute atomic E-state index is 11.6. The molecule has 0 saturated heterocycles. The third-order valence-electron chi connectivity index (χ3n) is 2.41. The summed E-state index contributed by atoms with van der Waals surface area (Å²) >= 11 is 0. The van der Waals surface area contributed by atoms with Crippen LogP contribution in [0.25, 0.3) is 0 Å². The quantitative estimate of drug-likeness (QED) is 0.864. The Hall–Kier alpha value is -1.07. The molecular formula is C11H18N2O2S. The summed E-state index contributed by atoms with van der Waals surface area (Å²) in [4.78, 5) is 0. The van der Waals surface area contributed by atoms with E-state index in [0.29, 0.717) is 18.8 Å². The Kier molecular flexibility index (Phi) is 3.93. The second-order valence-corrected chi connectivity index (χ2v) is 5.67. The van der Waals surface area contributed by atoms with Gasteiger partial charge in [0.1, 0.15) is 0 Å². The molecule has 5 heteroatoms. The van der Waals surface area contributed by atoms with Crippen LogP contribution in [-0.2, 0) is 16.6 Å². The van der Waals surface area contributed by atoms with Crippen molar-refractivity contribution in [3.8, 4) is 0 Å². The molecule has 0 atom stereocenters. The van der Waals surface area contributed by atoms with Crippen LogP contribution in [0.4, 0.5) is 5.69 Å². The van der Waals surface area contributed by atoms with Gasteiger partial charge in [-0.05, 0) is 25.5 Å². The maximum atomic E-state index is 11.6. The first-order valence-electron chi connectivity index (χ1n) is 5.17. The van der Waals surface area contributed by atoms with E-state index < -0.39 is 10.0 Å². The molecule has 0 fully saturated rings. The summed E-state index contributed by atoms with van der Waals surface area (Å²) in [6, 6.07) is 5.62. The van der Waals surface area contributed by atoms with Crippen molar-refractivity contribution in [1.29, 1.82) is 0 Å². The Morgan fingerprint density at radius 3 is 2.44 bits per heavy atom. The average molecular weight is 242 g/mol. The number of hydrogen-bond donors (Lipinski definition) is 1. The SMILES string of the molecule is CCN(c1ccc(C)cc1CN)S(C)(=O)=O. The van der Waals surface area contributed by atoms with Gasteiger partial charge in [-0.25, -0.2) is 8.42 Å². The summed E-state index contributed by atoms with van der Waals surface area (Å²) in [5.41, 5.74) is 8.24. The molecule has 0 aromatic heterocycles. The standard InChI is InChI=1S/C11H18N2O2S/c1-4-13(16(3,14)15)11-6-5-9(2)7-10(11)8-12/h5-7H,4,8,12H2,1-3H3. The number of nitrogens with zero attached hydrogens (tertiary/aromatic N) is 1. The molecule has 1 rings (SSSR count). The number of nitrogens with two attached hydrogens (primary N) is 1. The van der Waals surface area contributed by atoms with Crippen LogP contribution in [0.5, 0.6) is 0 Å². The first-order chi connectivity index (χ1) is 7.40. The molecule has 0 bridgehead atoms. The third kappa shape index (κ3) is 2.74. The molecule has 0 aliphatic carbocycles. The molecule has 1 aromatic rings. The molecule has 1 aromatic carbocycles. The Bertz CT molecular complexity index is 469. The van der Waals surface area contributed by atoms with Crippen molar-refractivity contribution >= 4 is 15.7 Å². The van der Waals surface area contributed by atoms with Crippen molar-refractivity contribution in [2.45, 2.75) is 20.4 Å². The highest BCUT2D eigenvalue weighted by Gasteiger charge is 2.17. The van der Waals surface area contributed by atoms with Gasteiger partial charge >= 0.3 is 0 Å². The zero-order chi connectivity index (χ0) is 12.3.